The van der Waals surface area contributed by atoms with E-state index in [1.54, 1.807) is 19.1 Å². The van der Waals surface area contributed by atoms with Crippen molar-refractivity contribution >= 4 is 21.6 Å². The average Bonchev–Trinajstić information content (AvgIpc) is 3.21. The van der Waals surface area contributed by atoms with Gasteiger partial charge in [0, 0.05) is 36.0 Å². The smallest absolute Gasteiger partial charge is 0.222 e. The number of nitrogens with zero attached hydrogens (tertiary/aromatic N) is 3. The molecule has 3 heterocycles. The van der Waals surface area contributed by atoms with E-state index in [9.17, 15) is 8.42 Å². The van der Waals surface area contributed by atoms with Gasteiger partial charge in [0.2, 0.25) is 21.2 Å². The van der Waals surface area contributed by atoms with Crippen LogP contribution >= 0.6 is 11.6 Å². The highest BCUT2D eigenvalue weighted by atomic mass is 35.5. The van der Waals surface area contributed by atoms with Gasteiger partial charge in [0.15, 0.2) is 5.76 Å². The molecule has 33 heavy (non-hydrogen) atoms. The first-order chi connectivity index (χ1) is 15.6. The number of rotatable bonds is 6. The minimum atomic E-state index is -4.01. The molecule has 4 rings (SSSR count). The van der Waals surface area contributed by atoms with Gasteiger partial charge in [-0.25, -0.2) is 32.9 Å². The molecular weight excluding hydrogens is 471 g/mol. The topological polar surface area (TPSA) is 121 Å². The standard InChI is InChI=1S/C22H24ClFN4O4S/c1-3-16(33(25,29)30)13-5-4-6-14(17(13)24)18-19(15-7-10-26-21(23)27-15)32-20(28-18)22(2)8-11-31-12-9-22/h4-7,10,16H,3,8-9,11-12H2,1-2H3,(H2,25,29,30). The van der Waals surface area contributed by atoms with Crippen molar-refractivity contribution in [3.8, 4) is 22.7 Å². The first kappa shape index (κ1) is 23.7. The molecule has 1 aliphatic rings. The SMILES string of the molecule is CCC(c1cccc(-c2nc(C3(C)CCOCC3)oc2-c2ccnc(Cl)n2)c1F)S(N)(=O)=O. The molecule has 1 aromatic carbocycles. The number of ether oxygens (including phenoxy) is 1. The van der Waals surface area contributed by atoms with Gasteiger partial charge in [0.1, 0.15) is 22.5 Å². The third-order valence-electron chi connectivity index (χ3n) is 6.00. The number of oxazole rings is 1. The molecule has 176 valence electrons. The van der Waals surface area contributed by atoms with E-state index in [4.69, 9.17) is 25.9 Å². The van der Waals surface area contributed by atoms with Crippen LogP contribution in [0.1, 0.15) is 49.8 Å². The van der Waals surface area contributed by atoms with Crippen molar-refractivity contribution in [2.45, 2.75) is 43.8 Å². The molecule has 0 spiro atoms. The molecule has 2 N–H and O–H groups in total. The summed E-state index contributed by atoms with van der Waals surface area (Å²) in [4.78, 5) is 12.8. The number of nitrogens with two attached hydrogens (primary N) is 1. The summed E-state index contributed by atoms with van der Waals surface area (Å²) in [7, 11) is -4.01. The average molecular weight is 495 g/mol. The molecule has 1 aliphatic heterocycles. The largest absolute Gasteiger partial charge is 0.438 e. The van der Waals surface area contributed by atoms with Crippen LogP contribution in [0.15, 0.2) is 34.9 Å². The van der Waals surface area contributed by atoms with Crippen LogP contribution < -0.4 is 5.14 Å². The van der Waals surface area contributed by atoms with Gasteiger partial charge in [-0.2, -0.15) is 0 Å². The number of hydrogen-bond donors (Lipinski definition) is 1. The Balaban J connectivity index is 1.93. The number of halogens is 2. The maximum absolute atomic E-state index is 15.8. The lowest BCUT2D eigenvalue weighted by Crippen LogP contribution is -2.30. The van der Waals surface area contributed by atoms with Gasteiger partial charge in [-0.05, 0) is 43.0 Å². The highest BCUT2D eigenvalue weighted by molar-refractivity contribution is 7.89. The maximum Gasteiger partial charge on any atom is 0.222 e. The van der Waals surface area contributed by atoms with Crippen molar-refractivity contribution < 1.29 is 22.0 Å². The van der Waals surface area contributed by atoms with E-state index in [0.717, 1.165) is 0 Å². The van der Waals surface area contributed by atoms with E-state index in [0.29, 0.717) is 37.6 Å². The summed E-state index contributed by atoms with van der Waals surface area (Å²) >= 11 is 5.99. The second kappa shape index (κ2) is 9.09. The van der Waals surface area contributed by atoms with Crippen LogP contribution in [0.2, 0.25) is 5.28 Å². The van der Waals surface area contributed by atoms with Crippen LogP contribution in [0.25, 0.3) is 22.7 Å². The van der Waals surface area contributed by atoms with Gasteiger partial charge in [-0.3, -0.25) is 0 Å². The first-order valence-electron chi connectivity index (χ1n) is 10.5. The van der Waals surface area contributed by atoms with Gasteiger partial charge in [0.25, 0.3) is 0 Å². The quantitative estimate of drug-likeness (QED) is 0.504. The van der Waals surface area contributed by atoms with Gasteiger partial charge in [-0.1, -0.05) is 26.0 Å². The van der Waals surface area contributed by atoms with Crippen LogP contribution in [0.4, 0.5) is 4.39 Å². The number of benzene rings is 1. The summed E-state index contributed by atoms with van der Waals surface area (Å²) in [5.41, 5.74) is 0.192. The van der Waals surface area contributed by atoms with Crippen LogP contribution in [0.5, 0.6) is 0 Å². The minimum absolute atomic E-state index is 0.00294. The normalized spacial score (nSPS) is 17.1. The van der Waals surface area contributed by atoms with Crippen molar-refractivity contribution in [1.82, 2.24) is 15.0 Å². The molecule has 0 amide bonds. The van der Waals surface area contributed by atoms with Gasteiger partial charge >= 0.3 is 0 Å². The van der Waals surface area contributed by atoms with E-state index in [2.05, 4.69) is 15.0 Å². The highest BCUT2D eigenvalue weighted by Crippen LogP contribution is 2.41. The lowest BCUT2D eigenvalue weighted by Gasteiger charge is -2.30. The molecule has 0 radical (unpaired) electrons. The third kappa shape index (κ3) is 4.65. The lowest BCUT2D eigenvalue weighted by atomic mass is 9.82. The molecule has 1 fully saturated rings. The van der Waals surface area contributed by atoms with Crippen LogP contribution in [-0.2, 0) is 20.2 Å². The maximum atomic E-state index is 15.8. The minimum Gasteiger partial charge on any atom is -0.438 e. The van der Waals surface area contributed by atoms with E-state index < -0.39 is 26.5 Å². The Kier molecular flexibility index (Phi) is 6.54. The zero-order valence-corrected chi connectivity index (χ0v) is 19.8. The zero-order chi connectivity index (χ0) is 23.8. The fourth-order valence-corrected chi connectivity index (χ4v) is 5.19. The van der Waals surface area contributed by atoms with Crippen molar-refractivity contribution in [1.29, 1.82) is 0 Å². The molecule has 8 nitrogen and oxygen atoms in total. The second-order valence-corrected chi connectivity index (χ2v) is 10.4. The summed E-state index contributed by atoms with van der Waals surface area (Å²) in [6.07, 6.45) is 2.95. The fourth-order valence-electron chi connectivity index (χ4n) is 4.04. The van der Waals surface area contributed by atoms with E-state index in [-0.39, 0.29) is 34.3 Å². The number of hydrogen-bond acceptors (Lipinski definition) is 7. The molecule has 0 aliphatic carbocycles. The van der Waals surface area contributed by atoms with Crippen molar-refractivity contribution in [3.05, 3.63) is 53.0 Å². The molecule has 2 aromatic heterocycles. The summed E-state index contributed by atoms with van der Waals surface area (Å²) in [5, 5.41) is 4.18. The molecule has 1 saturated heterocycles. The summed E-state index contributed by atoms with van der Waals surface area (Å²) in [6.45, 7) is 4.76. The van der Waals surface area contributed by atoms with Crippen molar-refractivity contribution in [2.24, 2.45) is 5.14 Å². The molecule has 0 saturated carbocycles. The summed E-state index contributed by atoms with van der Waals surface area (Å²) < 4.78 is 51.6. The Hall–Kier alpha value is -2.40. The third-order valence-corrected chi connectivity index (χ3v) is 7.56. The van der Waals surface area contributed by atoms with Gasteiger partial charge in [-0.15, -0.1) is 0 Å². The first-order valence-corrected chi connectivity index (χ1v) is 12.5. The van der Waals surface area contributed by atoms with E-state index in [1.165, 1.54) is 18.3 Å². The van der Waals surface area contributed by atoms with Crippen LogP contribution in [0.3, 0.4) is 0 Å². The lowest BCUT2D eigenvalue weighted by molar-refractivity contribution is 0.0472. The molecule has 11 heteroatoms. The molecular formula is C22H24ClFN4O4S. The molecule has 0 bridgehead atoms. The predicted molar refractivity (Wildman–Crippen MR) is 121 cm³/mol. The molecule has 1 unspecified atom stereocenters. The van der Waals surface area contributed by atoms with Crippen molar-refractivity contribution in [3.63, 3.8) is 0 Å². The van der Waals surface area contributed by atoms with Crippen LogP contribution in [0, 0.1) is 5.82 Å². The van der Waals surface area contributed by atoms with E-state index >= 15 is 4.39 Å². The van der Waals surface area contributed by atoms with Gasteiger partial charge < -0.3 is 9.15 Å². The fraction of sp³-hybridized carbons (Fsp3) is 0.409. The van der Waals surface area contributed by atoms with Crippen LogP contribution in [-0.4, -0.2) is 36.6 Å². The zero-order valence-electron chi connectivity index (χ0n) is 18.2. The monoisotopic (exact) mass is 494 g/mol. The highest BCUT2D eigenvalue weighted by Gasteiger charge is 2.37. The molecule has 1 atom stereocenters. The number of sulfonamides is 1. The molecule has 3 aromatic rings. The Morgan fingerprint density at radius 3 is 2.61 bits per heavy atom. The second-order valence-electron chi connectivity index (χ2n) is 8.28. The Morgan fingerprint density at radius 1 is 1.24 bits per heavy atom. The Morgan fingerprint density at radius 2 is 1.97 bits per heavy atom. The number of primary sulfonamides is 1. The Bertz CT molecular complexity index is 1280. The van der Waals surface area contributed by atoms with E-state index in [1.807, 2.05) is 6.92 Å². The number of aromatic nitrogens is 3. The summed E-state index contributed by atoms with van der Waals surface area (Å²) in [5.74, 6) is -0.0766. The van der Waals surface area contributed by atoms with Crippen molar-refractivity contribution in [2.75, 3.05) is 13.2 Å². The van der Waals surface area contributed by atoms with Gasteiger partial charge in [0.05, 0.1) is 0 Å². The predicted octanol–water partition coefficient (Wildman–Crippen LogP) is 4.40. The Labute approximate surface area is 196 Å². The summed E-state index contributed by atoms with van der Waals surface area (Å²) in [6, 6.07) is 6.10.